The van der Waals surface area contributed by atoms with Gasteiger partial charge in [-0.2, -0.15) is 10.2 Å². The molecule has 10 aromatic rings. The number of benzene rings is 10. The average molecular weight is 1060 g/mol. The van der Waals surface area contributed by atoms with Crippen LogP contribution >= 0.6 is 0 Å². The predicted molar refractivity (Wildman–Crippen MR) is 311 cm³/mol. The van der Waals surface area contributed by atoms with Gasteiger partial charge in [0.1, 0.15) is 22.9 Å². The predicted octanol–water partition coefficient (Wildman–Crippen LogP) is 15.7. The van der Waals surface area contributed by atoms with Crippen molar-refractivity contribution in [1.29, 1.82) is 0 Å². The van der Waals surface area contributed by atoms with Crippen molar-refractivity contribution in [1.82, 2.24) is 0 Å². The smallest absolute Gasteiger partial charge is 0.259 e. The van der Waals surface area contributed by atoms with E-state index in [0.717, 1.165) is 11.1 Å². The molecule has 0 saturated heterocycles. The number of rotatable bonds is 17. The summed E-state index contributed by atoms with van der Waals surface area (Å²) in [5.41, 5.74) is 4.92. The molecule has 394 valence electrons. The number of phenolic OH excluding ortho intramolecular Hbond substituents is 2. The number of carbonyl (C=O) groups is 4. The molecular weight excluding hydrogens is 1010 g/mol. The minimum atomic E-state index is -0.585. The van der Waals surface area contributed by atoms with Gasteiger partial charge in [0.2, 0.25) is 0 Å². The highest BCUT2D eigenvalue weighted by atomic mass is 16.5. The van der Waals surface area contributed by atoms with Gasteiger partial charge in [-0.15, -0.1) is 10.2 Å². The van der Waals surface area contributed by atoms with Crippen molar-refractivity contribution in [2.45, 2.75) is 13.8 Å². The van der Waals surface area contributed by atoms with Crippen LogP contribution in [-0.2, 0) is 0 Å². The molecule has 0 aromatic heterocycles. The lowest BCUT2D eigenvalue weighted by Gasteiger charge is -2.13. The van der Waals surface area contributed by atoms with Crippen molar-refractivity contribution in [3.8, 4) is 34.1 Å². The van der Waals surface area contributed by atoms with Crippen LogP contribution in [0.1, 0.15) is 55.3 Å². The maximum Gasteiger partial charge on any atom is 0.259 e. The van der Waals surface area contributed by atoms with E-state index in [4.69, 9.17) is 9.47 Å². The molecule has 0 aliphatic heterocycles. The molecule has 10 aromatic carbocycles. The normalized spacial score (nSPS) is 11.2. The van der Waals surface area contributed by atoms with E-state index in [9.17, 15) is 29.4 Å². The second-order valence-corrected chi connectivity index (χ2v) is 18.0. The number of amides is 4. The van der Waals surface area contributed by atoms with Gasteiger partial charge in [-0.1, -0.05) is 109 Å². The number of azo groups is 2. The molecule has 16 nitrogen and oxygen atoms in total. The molecule has 0 fully saturated rings. The first-order chi connectivity index (χ1) is 39.0. The molecule has 0 radical (unpaired) electrons. The molecule has 0 aliphatic carbocycles. The third-order valence-electron chi connectivity index (χ3n) is 12.7. The van der Waals surface area contributed by atoms with Crippen molar-refractivity contribution in [3.63, 3.8) is 0 Å². The lowest BCUT2D eigenvalue weighted by molar-refractivity contribution is 0.101. The minimum Gasteiger partial charge on any atom is -0.505 e. The van der Waals surface area contributed by atoms with Crippen molar-refractivity contribution in [2.75, 3.05) is 34.5 Å². The van der Waals surface area contributed by atoms with Gasteiger partial charge < -0.3 is 41.0 Å². The molecule has 0 heterocycles. The first-order valence-electron chi connectivity index (χ1n) is 25.5. The van der Waals surface area contributed by atoms with Gasteiger partial charge in [0.25, 0.3) is 23.6 Å². The number of anilines is 4. The maximum atomic E-state index is 13.9. The Hall–Kier alpha value is -11.0. The summed E-state index contributed by atoms with van der Waals surface area (Å²) in [6.45, 7) is 4.31. The lowest BCUT2D eigenvalue weighted by atomic mass is 10.0. The molecule has 0 aliphatic rings. The number of phenols is 2. The third-order valence-corrected chi connectivity index (χ3v) is 12.7. The molecule has 80 heavy (non-hydrogen) atoms. The Bertz CT molecular complexity index is 3760. The SMILES string of the molecule is CCOc1ccc(N=Nc2c(O)c(C(=O)Nc3ccc(-c4ccc(NC(=O)c5cc6ccccc6c(N=Nc6ccc(OCC)c(C(=O)Nc7ccccc7)c6)c5O)cc4)cc3)cc3ccccc23)cc1C(=O)Nc1ccccc1. The summed E-state index contributed by atoms with van der Waals surface area (Å²) in [6, 6.07) is 59.4. The lowest BCUT2D eigenvalue weighted by Crippen LogP contribution is -2.13. The number of ether oxygens (including phenoxy) is 2. The molecular formula is C64H50N8O8. The standard InChI is InChI=1S/C64H50N8O8/c1-3-79-55-33-31-47(37-51(55)61(75)65-43-17-7-5-8-18-43)69-71-57-49-21-13-11-15-41(49)35-53(59(57)73)63(77)67-45-27-23-39(24-28-45)40-25-29-46(30-26-40)68-64(78)54-36-42-16-12-14-22-50(42)58(60(54)74)72-70-48-32-34-56(80-4-2)52(38-48)62(76)66-44-19-9-6-10-20-44/h5-38,73-74H,3-4H2,1-2H3,(H,65,75)(H,66,76)(H,67,77)(H,68,78). The molecule has 0 bridgehead atoms. The van der Waals surface area contributed by atoms with Crippen molar-refractivity contribution in [3.05, 3.63) is 229 Å². The zero-order valence-corrected chi connectivity index (χ0v) is 43.2. The number of nitrogens with one attached hydrogen (secondary N) is 4. The zero-order chi connectivity index (χ0) is 55.5. The monoisotopic (exact) mass is 1060 g/mol. The first kappa shape index (κ1) is 52.4. The highest BCUT2D eigenvalue weighted by Crippen LogP contribution is 2.42. The Morgan fingerprint density at radius 3 is 1.09 bits per heavy atom. The highest BCUT2D eigenvalue weighted by molar-refractivity contribution is 6.13. The van der Waals surface area contributed by atoms with Crippen LogP contribution in [0.25, 0.3) is 32.7 Å². The molecule has 0 unspecified atom stereocenters. The summed E-state index contributed by atoms with van der Waals surface area (Å²) in [4.78, 5) is 54.5. The topological polar surface area (TPSA) is 225 Å². The zero-order valence-electron chi connectivity index (χ0n) is 43.2. The number of hydrogen-bond acceptors (Lipinski definition) is 12. The Balaban J connectivity index is 0.826. The summed E-state index contributed by atoms with van der Waals surface area (Å²) >= 11 is 0. The van der Waals surface area contributed by atoms with Crippen LogP contribution in [0.3, 0.4) is 0 Å². The Labute approximate surface area is 459 Å². The summed E-state index contributed by atoms with van der Waals surface area (Å²) in [6.07, 6.45) is 0. The van der Waals surface area contributed by atoms with Crippen LogP contribution in [-0.4, -0.2) is 47.1 Å². The first-order valence-corrected chi connectivity index (χ1v) is 25.5. The summed E-state index contributed by atoms with van der Waals surface area (Å²) in [7, 11) is 0. The van der Waals surface area contributed by atoms with Crippen LogP contribution in [0.15, 0.2) is 227 Å². The molecule has 0 spiro atoms. The van der Waals surface area contributed by atoms with Crippen LogP contribution in [0.2, 0.25) is 0 Å². The van der Waals surface area contributed by atoms with E-state index in [1.165, 1.54) is 0 Å². The van der Waals surface area contributed by atoms with Crippen LogP contribution in [0.5, 0.6) is 23.0 Å². The van der Waals surface area contributed by atoms with Gasteiger partial charge in [-0.05, 0) is 133 Å². The summed E-state index contributed by atoms with van der Waals surface area (Å²) in [5.74, 6) is -2.02. The Morgan fingerprint density at radius 1 is 0.375 bits per heavy atom. The fourth-order valence-electron chi connectivity index (χ4n) is 8.81. The number of hydrogen-bond donors (Lipinski definition) is 6. The number of carbonyl (C=O) groups excluding carboxylic acids is 4. The highest BCUT2D eigenvalue weighted by Gasteiger charge is 2.22. The Morgan fingerprint density at radius 2 is 0.713 bits per heavy atom. The quantitative estimate of drug-likeness (QED) is 0.0480. The van der Waals surface area contributed by atoms with Gasteiger partial charge in [0.05, 0.1) is 46.8 Å². The van der Waals surface area contributed by atoms with Crippen molar-refractivity contribution < 1.29 is 38.9 Å². The second-order valence-electron chi connectivity index (χ2n) is 18.0. The van der Waals surface area contributed by atoms with E-state index in [-0.39, 0.29) is 45.1 Å². The second kappa shape index (κ2) is 23.9. The molecule has 16 heteroatoms. The van der Waals surface area contributed by atoms with Gasteiger partial charge in [-0.3, -0.25) is 19.2 Å². The fraction of sp³-hybridized carbons (Fsp3) is 0.0625. The van der Waals surface area contributed by atoms with Gasteiger partial charge in [0.15, 0.2) is 11.5 Å². The Kier molecular flexibility index (Phi) is 15.7. The number of para-hydroxylation sites is 2. The van der Waals surface area contributed by atoms with E-state index < -0.39 is 23.6 Å². The van der Waals surface area contributed by atoms with Gasteiger partial charge in [0, 0.05) is 33.5 Å². The van der Waals surface area contributed by atoms with E-state index in [1.807, 2.05) is 86.6 Å². The molecule has 6 N–H and O–H groups in total. The van der Waals surface area contributed by atoms with E-state index >= 15 is 0 Å². The molecule has 0 atom stereocenters. The molecule has 10 rings (SSSR count). The average Bonchev–Trinajstić information content (AvgIpc) is 3.49. The van der Waals surface area contributed by atoms with E-state index in [1.54, 1.807) is 133 Å². The van der Waals surface area contributed by atoms with Crippen LogP contribution in [0, 0.1) is 0 Å². The molecule has 4 amide bonds. The fourth-order valence-corrected chi connectivity index (χ4v) is 8.81. The van der Waals surface area contributed by atoms with Crippen LogP contribution < -0.4 is 30.7 Å². The number of fused-ring (bicyclic) bond motifs is 2. The van der Waals surface area contributed by atoms with Crippen molar-refractivity contribution >= 4 is 90.7 Å². The maximum absolute atomic E-state index is 13.9. The number of aromatic hydroxyl groups is 2. The minimum absolute atomic E-state index is 0.0314. The third kappa shape index (κ3) is 11.8. The number of nitrogens with zero attached hydrogens (tertiary/aromatic N) is 4. The van der Waals surface area contributed by atoms with Gasteiger partial charge >= 0.3 is 0 Å². The summed E-state index contributed by atoms with van der Waals surface area (Å²) in [5, 5.41) is 54.7. The summed E-state index contributed by atoms with van der Waals surface area (Å²) < 4.78 is 11.5. The molecule has 0 saturated carbocycles. The van der Waals surface area contributed by atoms with Crippen LogP contribution in [0.4, 0.5) is 45.5 Å². The van der Waals surface area contributed by atoms with E-state index in [2.05, 4.69) is 41.7 Å². The van der Waals surface area contributed by atoms with Gasteiger partial charge in [-0.25, -0.2) is 0 Å². The largest absolute Gasteiger partial charge is 0.505 e. The van der Waals surface area contributed by atoms with E-state index in [0.29, 0.717) is 80.4 Å². The van der Waals surface area contributed by atoms with Crippen molar-refractivity contribution in [2.24, 2.45) is 20.5 Å².